The number of carbonyl (C=O) groups excluding carboxylic acids is 1. The van der Waals surface area contributed by atoms with Gasteiger partial charge in [0, 0.05) is 23.2 Å². The Morgan fingerprint density at radius 1 is 1.14 bits per heavy atom. The largest absolute Gasteiger partial charge is 0.332 e. The van der Waals surface area contributed by atoms with Gasteiger partial charge in [0.25, 0.3) is 5.91 Å². The van der Waals surface area contributed by atoms with Crippen molar-refractivity contribution < 1.29 is 4.79 Å². The molecule has 0 aliphatic heterocycles. The number of nitrogens with zero attached hydrogens (tertiary/aromatic N) is 2. The van der Waals surface area contributed by atoms with Crippen molar-refractivity contribution in [3.05, 3.63) is 70.2 Å². The molecular formula is C18H17ClN2O. The predicted molar refractivity (Wildman–Crippen MR) is 87.6 cm³/mol. The maximum absolute atomic E-state index is 12.7. The van der Waals surface area contributed by atoms with Crippen LogP contribution in [0.25, 0.3) is 0 Å². The van der Waals surface area contributed by atoms with Crippen molar-refractivity contribution in [3.8, 4) is 6.07 Å². The Morgan fingerprint density at radius 3 is 2.23 bits per heavy atom. The second-order valence-corrected chi connectivity index (χ2v) is 5.78. The lowest BCUT2D eigenvalue weighted by atomic mass is 10.1. The highest BCUT2D eigenvalue weighted by Crippen LogP contribution is 2.16. The number of rotatable bonds is 4. The first kappa shape index (κ1) is 16.1. The molecule has 0 unspecified atom stereocenters. The van der Waals surface area contributed by atoms with Gasteiger partial charge in [0.15, 0.2) is 0 Å². The van der Waals surface area contributed by atoms with E-state index in [0.717, 1.165) is 5.56 Å². The highest BCUT2D eigenvalue weighted by molar-refractivity contribution is 6.30. The fourth-order valence-corrected chi connectivity index (χ4v) is 2.25. The van der Waals surface area contributed by atoms with Crippen LogP contribution in [-0.4, -0.2) is 16.8 Å². The second-order valence-electron chi connectivity index (χ2n) is 5.34. The van der Waals surface area contributed by atoms with Crippen LogP contribution in [0.2, 0.25) is 5.02 Å². The first-order valence-corrected chi connectivity index (χ1v) is 7.44. The normalized spacial score (nSPS) is 10.3. The first-order chi connectivity index (χ1) is 10.5. The van der Waals surface area contributed by atoms with Crippen LogP contribution in [0.5, 0.6) is 0 Å². The molecule has 2 aromatic rings. The highest BCUT2D eigenvalue weighted by Gasteiger charge is 2.19. The molecule has 4 heteroatoms. The molecule has 0 aliphatic carbocycles. The summed E-state index contributed by atoms with van der Waals surface area (Å²) in [5.74, 6) is -0.0315. The summed E-state index contributed by atoms with van der Waals surface area (Å²) in [5.41, 5.74) is 2.23. The Morgan fingerprint density at radius 2 is 1.73 bits per heavy atom. The van der Waals surface area contributed by atoms with E-state index in [1.807, 2.05) is 26.0 Å². The molecule has 3 nitrogen and oxygen atoms in total. The molecule has 0 atom stereocenters. The predicted octanol–water partition coefficient (Wildman–Crippen LogP) is 4.26. The third-order valence-electron chi connectivity index (χ3n) is 3.41. The molecule has 2 rings (SSSR count). The van der Waals surface area contributed by atoms with Gasteiger partial charge in [-0.2, -0.15) is 5.26 Å². The topological polar surface area (TPSA) is 44.1 Å². The molecular weight excluding hydrogens is 296 g/mol. The van der Waals surface area contributed by atoms with Crippen molar-refractivity contribution >= 4 is 17.5 Å². The standard InChI is InChI=1S/C18H17ClN2O/c1-13(2)21(12-15-5-3-14(11-20)4-6-15)18(22)16-7-9-17(19)10-8-16/h3-10,13H,12H2,1-2H3. The van der Waals surface area contributed by atoms with Crippen LogP contribution >= 0.6 is 11.6 Å². The number of amides is 1. The van der Waals surface area contributed by atoms with E-state index < -0.39 is 0 Å². The van der Waals surface area contributed by atoms with Gasteiger partial charge in [0.1, 0.15) is 0 Å². The number of nitriles is 1. The van der Waals surface area contributed by atoms with Gasteiger partial charge in [0.05, 0.1) is 11.6 Å². The van der Waals surface area contributed by atoms with E-state index in [2.05, 4.69) is 6.07 Å². The number of carbonyl (C=O) groups is 1. The third kappa shape index (κ3) is 3.87. The van der Waals surface area contributed by atoms with Crippen molar-refractivity contribution in [2.24, 2.45) is 0 Å². The quantitative estimate of drug-likeness (QED) is 0.846. The average Bonchev–Trinajstić information content (AvgIpc) is 2.53. The molecule has 0 bridgehead atoms. The lowest BCUT2D eigenvalue weighted by molar-refractivity contribution is 0.0690. The Kier molecular flexibility index (Phi) is 5.19. The number of hydrogen-bond donors (Lipinski definition) is 0. The Balaban J connectivity index is 2.20. The monoisotopic (exact) mass is 312 g/mol. The SMILES string of the molecule is CC(C)N(Cc1ccc(C#N)cc1)C(=O)c1ccc(Cl)cc1. The molecule has 0 saturated carbocycles. The summed E-state index contributed by atoms with van der Waals surface area (Å²) in [7, 11) is 0. The minimum Gasteiger partial charge on any atom is -0.332 e. The van der Waals surface area contributed by atoms with E-state index in [1.54, 1.807) is 41.3 Å². The van der Waals surface area contributed by atoms with Gasteiger partial charge in [-0.3, -0.25) is 4.79 Å². The van der Waals surface area contributed by atoms with Crippen molar-refractivity contribution in [2.75, 3.05) is 0 Å². The molecule has 0 aromatic heterocycles. The van der Waals surface area contributed by atoms with Crippen LogP contribution in [0, 0.1) is 11.3 Å². The van der Waals surface area contributed by atoms with Gasteiger partial charge in [-0.1, -0.05) is 23.7 Å². The zero-order valence-electron chi connectivity index (χ0n) is 12.6. The summed E-state index contributed by atoms with van der Waals surface area (Å²) < 4.78 is 0. The molecule has 0 aliphatic rings. The molecule has 0 spiro atoms. The molecule has 112 valence electrons. The minimum absolute atomic E-state index is 0.0315. The van der Waals surface area contributed by atoms with Crippen LogP contribution in [0.15, 0.2) is 48.5 Å². The molecule has 0 N–H and O–H groups in total. The molecule has 0 heterocycles. The summed E-state index contributed by atoms with van der Waals surface area (Å²) >= 11 is 5.87. The van der Waals surface area contributed by atoms with Crippen LogP contribution in [0.3, 0.4) is 0 Å². The first-order valence-electron chi connectivity index (χ1n) is 7.07. The number of halogens is 1. The fraction of sp³-hybridized carbons (Fsp3) is 0.222. The summed E-state index contributed by atoms with van der Waals surface area (Å²) in [6, 6.07) is 16.3. The van der Waals surface area contributed by atoms with E-state index in [9.17, 15) is 4.79 Å². The van der Waals surface area contributed by atoms with Gasteiger partial charge < -0.3 is 4.90 Å². The molecule has 0 saturated heterocycles. The average molecular weight is 313 g/mol. The van der Waals surface area contributed by atoms with Gasteiger partial charge in [-0.05, 0) is 55.8 Å². The molecule has 22 heavy (non-hydrogen) atoms. The third-order valence-corrected chi connectivity index (χ3v) is 3.66. The lowest BCUT2D eigenvalue weighted by Crippen LogP contribution is -2.36. The van der Waals surface area contributed by atoms with Crippen LogP contribution in [0.4, 0.5) is 0 Å². The Hall–Kier alpha value is -2.31. The minimum atomic E-state index is -0.0315. The van der Waals surface area contributed by atoms with Gasteiger partial charge >= 0.3 is 0 Å². The smallest absolute Gasteiger partial charge is 0.254 e. The Bertz CT molecular complexity index is 685. The lowest BCUT2D eigenvalue weighted by Gasteiger charge is -2.27. The van der Waals surface area contributed by atoms with E-state index in [1.165, 1.54) is 0 Å². The molecule has 0 radical (unpaired) electrons. The van der Waals surface area contributed by atoms with Crippen LogP contribution in [0.1, 0.15) is 35.3 Å². The van der Waals surface area contributed by atoms with Crippen molar-refractivity contribution in [2.45, 2.75) is 26.4 Å². The molecule has 0 fully saturated rings. The van der Waals surface area contributed by atoms with E-state index in [4.69, 9.17) is 16.9 Å². The summed E-state index contributed by atoms with van der Waals surface area (Å²) in [6.45, 7) is 4.47. The van der Waals surface area contributed by atoms with Crippen LogP contribution in [-0.2, 0) is 6.54 Å². The maximum Gasteiger partial charge on any atom is 0.254 e. The van der Waals surface area contributed by atoms with E-state index in [0.29, 0.717) is 22.7 Å². The zero-order valence-corrected chi connectivity index (χ0v) is 13.3. The summed E-state index contributed by atoms with van der Waals surface area (Å²) in [4.78, 5) is 14.5. The number of hydrogen-bond acceptors (Lipinski definition) is 2. The highest BCUT2D eigenvalue weighted by atomic mass is 35.5. The van der Waals surface area contributed by atoms with E-state index in [-0.39, 0.29) is 11.9 Å². The second kappa shape index (κ2) is 7.11. The van der Waals surface area contributed by atoms with Crippen molar-refractivity contribution in [1.29, 1.82) is 5.26 Å². The Labute approximate surface area is 135 Å². The van der Waals surface area contributed by atoms with Crippen molar-refractivity contribution in [3.63, 3.8) is 0 Å². The van der Waals surface area contributed by atoms with Gasteiger partial charge in [-0.25, -0.2) is 0 Å². The number of benzene rings is 2. The summed E-state index contributed by atoms with van der Waals surface area (Å²) in [6.07, 6.45) is 0. The summed E-state index contributed by atoms with van der Waals surface area (Å²) in [5, 5.41) is 9.44. The fourth-order valence-electron chi connectivity index (χ4n) is 2.13. The van der Waals surface area contributed by atoms with Crippen LogP contribution < -0.4 is 0 Å². The maximum atomic E-state index is 12.7. The zero-order chi connectivity index (χ0) is 16.1. The molecule has 2 aromatic carbocycles. The molecule has 1 amide bonds. The van der Waals surface area contributed by atoms with Gasteiger partial charge in [-0.15, -0.1) is 0 Å². The van der Waals surface area contributed by atoms with Crippen molar-refractivity contribution in [1.82, 2.24) is 4.90 Å². The van der Waals surface area contributed by atoms with Gasteiger partial charge in [0.2, 0.25) is 0 Å². The van der Waals surface area contributed by atoms with E-state index >= 15 is 0 Å².